The minimum atomic E-state index is -4.36. The van der Waals surface area contributed by atoms with E-state index in [0.717, 1.165) is 30.7 Å². The van der Waals surface area contributed by atoms with Crippen LogP contribution >= 0.6 is 0 Å². The maximum atomic E-state index is 12.7. The van der Waals surface area contributed by atoms with Crippen molar-refractivity contribution in [2.24, 2.45) is 0 Å². The summed E-state index contributed by atoms with van der Waals surface area (Å²) < 4.78 is 38.0. The summed E-state index contributed by atoms with van der Waals surface area (Å²) in [6.07, 6.45) is -0.743. The number of nitriles is 1. The fourth-order valence-corrected chi connectivity index (χ4v) is 2.03. The van der Waals surface area contributed by atoms with E-state index in [1.165, 1.54) is 12.3 Å². The van der Waals surface area contributed by atoms with E-state index in [9.17, 15) is 13.2 Å². The molecule has 0 aliphatic heterocycles. The molecular formula is C15H14F3N3. The zero-order valence-corrected chi connectivity index (χ0v) is 11.2. The lowest BCUT2D eigenvalue weighted by Gasteiger charge is -2.11. The number of alkyl halides is 3. The number of anilines is 1. The molecule has 0 amide bonds. The number of benzene rings is 1. The van der Waals surface area contributed by atoms with E-state index in [1.54, 1.807) is 6.07 Å². The van der Waals surface area contributed by atoms with E-state index in [-0.39, 0.29) is 0 Å². The first kappa shape index (κ1) is 15.1. The highest BCUT2D eigenvalue weighted by Crippen LogP contribution is 2.32. The molecule has 3 nitrogen and oxygen atoms in total. The van der Waals surface area contributed by atoms with Gasteiger partial charge < -0.3 is 5.32 Å². The van der Waals surface area contributed by atoms with Gasteiger partial charge in [-0.3, -0.25) is 4.98 Å². The lowest BCUT2D eigenvalue weighted by atomic mass is 10.1. The van der Waals surface area contributed by atoms with E-state index >= 15 is 0 Å². The fourth-order valence-electron chi connectivity index (χ4n) is 2.03. The second-order valence-electron chi connectivity index (χ2n) is 4.63. The Kier molecular flexibility index (Phi) is 4.63. The number of unbranched alkanes of at least 4 members (excludes halogenated alkanes) is 2. The van der Waals surface area contributed by atoms with E-state index in [0.29, 0.717) is 23.9 Å². The molecule has 1 aromatic carbocycles. The molecule has 0 atom stereocenters. The molecule has 0 aliphatic rings. The first-order valence-electron chi connectivity index (χ1n) is 6.59. The van der Waals surface area contributed by atoms with Gasteiger partial charge in [0.15, 0.2) is 0 Å². The van der Waals surface area contributed by atoms with Crippen LogP contribution in [0.15, 0.2) is 30.5 Å². The zero-order chi connectivity index (χ0) is 15.3. The molecule has 0 unspecified atom stereocenters. The van der Waals surface area contributed by atoms with Crippen LogP contribution in [0, 0.1) is 11.3 Å². The third-order valence-electron chi connectivity index (χ3n) is 3.10. The molecule has 0 saturated carbocycles. The first-order chi connectivity index (χ1) is 10.0. The van der Waals surface area contributed by atoms with Gasteiger partial charge >= 0.3 is 6.18 Å². The molecule has 0 radical (unpaired) electrons. The Hall–Kier alpha value is -2.29. The summed E-state index contributed by atoms with van der Waals surface area (Å²) in [7, 11) is 0. The van der Waals surface area contributed by atoms with Gasteiger partial charge in [-0.25, -0.2) is 0 Å². The van der Waals surface area contributed by atoms with Crippen molar-refractivity contribution in [1.82, 2.24) is 4.98 Å². The van der Waals surface area contributed by atoms with Crippen LogP contribution in [0.2, 0.25) is 0 Å². The van der Waals surface area contributed by atoms with Crippen LogP contribution < -0.4 is 5.32 Å². The summed E-state index contributed by atoms with van der Waals surface area (Å²) in [6, 6.07) is 7.35. The normalized spacial score (nSPS) is 11.3. The van der Waals surface area contributed by atoms with E-state index in [4.69, 9.17) is 5.26 Å². The van der Waals surface area contributed by atoms with Crippen molar-refractivity contribution in [1.29, 1.82) is 5.26 Å². The van der Waals surface area contributed by atoms with Gasteiger partial charge in [-0.2, -0.15) is 18.4 Å². The van der Waals surface area contributed by atoms with E-state index in [1.807, 2.05) is 0 Å². The molecule has 6 heteroatoms. The van der Waals surface area contributed by atoms with Crippen LogP contribution in [0.1, 0.15) is 24.8 Å². The number of rotatable bonds is 5. The number of fused-ring (bicyclic) bond motifs is 1. The Balaban J connectivity index is 2.16. The number of hydrogen-bond donors (Lipinski definition) is 1. The zero-order valence-electron chi connectivity index (χ0n) is 11.2. The summed E-state index contributed by atoms with van der Waals surface area (Å²) in [4.78, 5) is 3.99. The average molecular weight is 293 g/mol. The van der Waals surface area contributed by atoms with Gasteiger partial charge in [0.05, 0.1) is 17.1 Å². The van der Waals surface area contributed by atoms with Crippen molar-refractivity contribution >= 4 is 16.6 Å². The van der Waals surface area contributed by atoms with Crippen molar-refractivity contribution in [2.75, 3.05) is 11.9 Å². The molecule has 2 rings (SSSR count). The van der Waals surface area contributed by atoms with Crippen LogP contribution in [0.3, 0.4) is 0 Å². The number of pyridine rings is 1. The number of halogens is 3. The van der Waals surface area contributed by atoms with Crippen molar-refractivity contribution in [3.63, 3.8) is 0 Å². The molecule has 1 aromatic heterocycles. The maximum absolute atomic E-state index is 12.7. The van der Waals surface area contributed by atoms with E-state index in [2.05, 4.69) is 16.4 Å². The second-order valence-corrected chi connectivity index (χ2v) is 4.63. The summed E-state index contributed by atoms with van der Waals surface area (Å²) >= 11 is 0. The Labute approximate surface area is 120 Å². The maximum Gasteiger partial charge on any atom is 0.416 e. The molecule has 110 valence electrons. The van der Waals surface area contributed by atoms with Gasteiger partial charge in [0.1, 0.15) is 0 Å². The Morgan fingerprint density at radius 3 is 2.71 bits per heavy atom. The minimum Gasteiger partial charge on any atom is -0.384 e. The molecule has 0 spiro atoms. The molecule has 0 fully saturated rings. The van der Waals surface area contributed by atoms with Gasteiger partial charge in [0, 0.05) is 30.2 Å². The SMILES string of the molecule is N#CCCCCNc1ccnc2cc(C(F)(F)F)ccc12. The summed E-state index contributed by atoms with van der Waals surface area (Å²) in [5, 5.41) is 12.3. The fraction of sp³-hybridized carbons (Fsp3) is 0.333. The summed E-state index contributed by atoms with van der Waals surface area (Å²) in [6.45, 7) is 0.668. The van der Waals surface area contributed by atoms with Crippen LogP contribution in [-0.4, -0.2) is 11.5 Å². The van der Waals surface area contributed by atoms with Gasteiger partial charge in [-0.15, -0.1) is 0 Å². The molecule has 2 aromatic rings. The number of aromatic nitrogens is 1. The van der Waals surface area contributed by atoms with Gasteiger partial charge in [0.2, 0.25) is 0 Å². The molecule has 0 saturated heterocycles. The second kappa shape index (κ2) is 6.44. The molecule has 1 heterocycles. The first-order valence-corrected chi connectivity index (χ1v) is 6.59. The van der Waals surface area contributed by atoms with Crippen molar-refractivity contribution in [2.45, 2.75) is 25.4 Å². The van der Waals surface area contributed by atoms with Crippen molar-refractivity contribution in [3.8, 4) is 6.07 Å². The molecular weight excluding hydrogens is 279 g/mol. The topological polar surface area (TPSA) is 48.7 Å². The monoisotopic (exact) mass is 293 g/mol. The molecule has 21 heavy (non-hydrogen) atoms. The van der Waals surface area contributed by atoms with Crippen LogP contribution in [0.4, 0.5) is 18.9 Å². The predicted molar refractivity (Wildman–Crippen MR) is 74.7 cm³/mol. The standard InChI is InChI=1S/C15H14F3N3/c16-15(17,18)11-4-5-12-13(6-9-21-14(12)10-11)20-8-3-1-2-7-19/h4-6,9-10H,1-3,8H2,(H,20,21). The Morgan fingerprint density at radius 1 is 1.19 bits per heavy atom. The largest absolute Gasteiger partial charge is 0.416 e. The third-order valence-corrected chi connectivity index (χ3v) is 3.10. The third kappa shape index (κ3) is 3.85. The van der Waals surface area contributed by atoms with Gasteiger partial charge in [-0.05, 0) is 31.0 Å². The highest BCUT2D eigenvalue weighted by Gasteiger charge is 2.30. The molecule has 0 bridgehead atoms. The van der Waals surface area contributed by atoms with Crippen molar-refractivity contribution < 1.29 is 13.2 Å². The lowest BCUT2D eigenvalue weighted by molar-refractivity contribution is -0.137. The Morgan fingerprint density at radius 2 is 2.00 bits per heavy atom. The smallest absolute Gasteiger partial charge is 0.384 e. The van der Waals surface area contributed by atoms with E-state index < -0.39 is 11.7 Å². The number of nitrogens with zero attached hydrogens (tertiary/aromatic N) is 2. The lowest BCUT2D eigenvalue weighted by Crippen LogP contribution is -2.06. The van der Waals surface area contributed by atoms with Crippen molar-refractivity contribution in [3.05, 3.63) is 36.0 Å². The average Bonchev–Trinajstić information content (AvgIpc) is 2.45. The Bertz CT molecular complexity index is 659. The molecule has 1 N–H and O–H groups in total. The highest BCUT2D eigenvalue weighted by molar-refractivity contribution is 5.91. The van der Waals surface area contributed by atoms with Gasteiger partial charge in [0.25, 0.3) is 0 Å². The van der Waals surface area contributed by atoms with Gasteiger partial charge in [-0.1, -0.05) is 6.07 Å². The quantitative estimate of drug-likeness (QED) is 0.833. The molecule has 0 aliphatic carbocycles. The minimum absolute atomic E-state index is 0.312. The number of nitrogens with one attached hydrogen (secondary N) is 1. The van der Waals surface area contributed by atoms with Crippen LogP contribution in [-0.2, 0) is 6.18 Å². The highest BCUT2D eigenvalue weighted by atomic mass is 19.4. The number of hydrogen-bond acceptors (Lipinski definition) is 3. The van der Waals surface area contributed by atoms with Crippen LogP contribution in [0.25, 0.3) is 10.9 Å². The summed E-state index contributed by atoms with van der Waals surface area (Å²) in [5.74, 6) is 0. The summed E-state index contributed by atoms with van der Waals surface area (Å²) in [5.41, 5.74) is 0.367. The predicted octanol–water partition coefficient (Wildman–Crippen LogP) is 4.36. The van der Waals surface area contributed by atoms with Crippen LogP contribution in [0.5, 0.6) is 0 Å².